The quantitative estimate of drug-likeness (QED) is 0.663. The number of hydrogen-bond donors (Lipinski definition) is 1. The number of amides is 1. The minimum Gasteiger partial charge on any atom is -0.369 e. The summed E-state index contributed by atoms with van der Waals surface area (Å²) in [5.41, 5.74) is 5.37. The maximum absolute atomic E-state index is 12.2. The molecule has 1 aromatic rings. The molecule has 0 aliphatic carbocycles. The number of hydrogen-bond acceptors (Lipinski definition) is 2. The fourth-order valence-electron chi connectivity index (χ4n) is 0.690. The highest BCUT2D eigenvalue weighted by atomic mass is 19.1. The van der Waals surface area contributed by atoms with Crippen molar-refractivity contribution >= 4 is 5.91 Å². The summed E-state index contributed by atoms with van der Waals surface area (Å²) in [6.45, 7) is 0. The molecular formula is C7H7FN2O. The van der Waals surface area contributed by atoms with Gasteiger partial charge in [-0.25, -0.2) is 4.39 Å². The van der Waals surface area contributed by atoms with Crippen LogP contribution in [-0.4, -0.2) is 10.9 Å². The Bertz CT molecular complexity index is 258. The molecule has 0 bridgehead atoms. The Morgan fingerprint density at radius 2 is 2.36 bits per heavy atom. The van der Waals surface area contributed by atoms with E-state index < -0.39 is 11.7 Å². The van der Waals surface area contributed by atoms with E-state index in [0.29, 0.717) is 5.69 Å². The summed E-state index contributed by atoms with van der Waals surface area (Å²) in [5.74, 6) is -0.887. The molecule has 0 atom stereocenters. The Morgan fingerprint density at radius 3 is 2.82 bits per heavy atom. The summed E-state index contributed by atoms with van der Waals surface area (Å²) in [4.78, 5) is 14.0. The summed E-state index contributed by atoms with van der Waals surface area (Å²) in [7, 11) is 0. The largest absolute Gasteiger partial charge is 0.369 e. The average Bonchev–Trinajstić information content (AvgIpc) is 1.93. The molecule has 0 saturated carbocycles. The molecule has 11 heavy (non-hydrogen) atoms. The minimum atomic E-state index is -0.468. The van der Waals surface area contributed by atoms with Crippen LogP contribution in [0.4, 0.5) is 4.39 Å². The Hall–Kier alpha value is -1.45. The minimum absolute atomic E-state index is 0.0558. The SMILES string of the molecule is NC(=O)Cc1ccc(F)cn1. The molecule has 0 saturated heterocycles. The maximum Gasteiger partial charge on any atom is 0.223 e. The zero-order valence-corrected chi connectivity index (χ0v) is 5.75. The lowest BCUT2D eigenvalue weighted by Gasteiger charge is -1.94. The van der Waals surface area contributed by atoms with Crippen LogP contribution in [0.3, 0.4) is 0 Å². The highest BCUT2D eigenvalue weighted by Gasteiger charge is 1.98. The van der Waals surface area contributed by atoms with Crippen LogP contribution in [0.1, 0.15) is 5.69 Å². The fraction of sp³-hybridized carbons (Fsp3) is 0.143. The molecule has 1 heterocycles. The smallest absolute Gasteiger partial charge is 0.223 e. The van der Waals surface area contributed by atoms with Crippen molar-refractivity contribution in [3.8, 4) is 0 Å². The number of rotatable bonds is 2. The van der Waals surface area contributed by atoms with E-state index in [1.807, 2.05) is 0 Å². The van der Waals surface area contributed by atoms with Crippen LogP contribution in [0.15, 0.2) is 18.3 Å². The Labute approximate surface area is 63.0 Å². The average molecular weight is 154 g/mol. The normalized spacial score (nSPS) is 9.55. The zero-order valence-electron chi connectivity index (χ0n) is 5.75. The van der Waals surface area contributed by atoms with Gasteiger partial charge in [-0.15, -0.1) is 0 Å². The summed E-state index contributed by atoms with van der Waals surface area (Å²) < 4.78 is 12.2. The Morgan fingerprint density at radius 1 is 1.64 bits per heavy atom. The van der Waals surface area contributed by atoms with Crippen LogP contribution in [0.2, 0.25) is 0 Å². The van der Waals surface area contributed by atoms with Gasteiger partial charge in [0.05, 0.1) is 12.6 Å². The van der Waals surface area contributed by atoms with E-state index in [2.05, 4.69) is 4.98 Å². The number of halogens is 1. The molecule has 0 spiro atoms. The van der Waals surface area contributed by atoms with E-state index in [1.54, 1.807) is 0 Å². The second-order valence-electron chi connectivity index (χ2n) is 2.11. The van der Waals surface area contributed by atoms with Crippen LogP contribution in [0.25, 0.3) is 0 Å². The molecule has 1 aromatic heterocycles. The summed E-state index contributed by atoms with van der Waals surface area (Å²) in [6, 6.07) is 2.67. The molecule has 0 radical (unpaired) electrons. The number of primary amides is 1. The lowest BCUT2D eigenvalue weighted by atomic mass is 10.2. The molecule has 4 heteroatoms. The number of carbonyl (C=O) groups is 1. The Balaban J connectivity index is 2.74. The first-order valence-electron chi connectivity index (χ1n) is 3.07. The first-order valence-corrected chi connectivity index (χ1v) is 3.07. The number of nitrogens with two attached hydrogens (primary N) is 1. The standard InChI is InChI=1S/C7H7FN2O/c8-5-1-2-6(10-4-5)3-7(9)11/h1-2,4H,3H2,(H2,9,11). The van der Waals surface area contributed by atoms with Crippen molar-refractivity contribution in [3.05, 3.63) is 29.8 Å². The van der Waals surface area contributed by atoms with E-state index in [1.165, 1.54) is 12.1 Å². The van der Waals surface area contributed by atoms with Crippen molar-refractivity contribution in [2.45, 2.75) is 6.42 Å². The van der Waals surface area contributed by atoms with E-state index in [0.717, 1.165) is 6.20 Å². The molecule has 1 amide bonds. The van der Waals surface area contributed by atoms with Gasteiger partial charge in [0.25, 0.3) is 0 Å². The third-order valence-electron chi connectivity index (χ3n) is 1.14. The van der Waals surface area contributed by atoms with Crippen molar-refractivity contribution < 1.29 is 9.18 Å². The number of nitrogens with zero attached hydrogens (tertiary/aromatic N) is 1. The third-order valence-corrected chi connectivity index (χ3v) is 1.14. The molecule has 0 aliphatic rings. The van der Waals surface area contributed by atoms with Crippen LogP contribution in [0, 0.1) is 5.82 Å². The molecule has 0 aromatic carbocycles. The molecule has 0 aliphatic heterocycles. The first kappa shape index (κ1) is 7.65. The molecular weight excluding hydrogens is 147 g/mol. The number of carbonyl (C=O) groups excluding carboxylic acids is 1. The molecule has 0 unspecified atom stereocenters. The molecule has 3 nitrogen and oxygen atoms in total. The monoisotopic (exact) mass is 154 g/mol. The van der Waals surface area contributed by atoms with Gasteiger partial charge in [0.1, 0.15) is 5.82 Å². The van der Waals surface area contributed by atoms with E-state index in [9.17, 15) is 9.18 Å². The van der Waals surface area contributed by atoms with Crippen molar-refractivity contribution in [2.75, 3.05) is 0 Å². The lowest BCUT2D eigenvalue weighted by Crippen LogP contribution is -2.14. The molecule has 0 fully saturated rings. The number of pyridine rings is 1. The van der Waals surface area contributed by atoms with E-state index in [-0.39, 0.29) is 6.42 Å². The van der Waals surface area contributed by atoms with Gasteiger partial charge >= 0.3 is 0 Å². The highest BCUT2D eigenvalue weighted by Crippen LogP contribution is 1.97. The second-order valence-corrected chi connectivity index (χ2v) is 2.11. The summed E-state index contributed by atoms with van der Waals surface area (Å²) in [6.07, 6.45) is 1.11. The summed E-state index contributed by atoms with van der Waals surface area (Å²) >= 11 is 0. The third kappa shape index (κ3) is 2.33. The first-order chi connectivity index (χ1) is 5.18. The van der Waals surface area contributed by atoms with Gasteiger partial charge in [0, 0.05) is 5.69 Å². The maximum atomic E-state index is 12.2. The molecule has 1 rings (SSSR count). The zero-order chi connectivity index (χ0) is 8.27. The van der Waals surface area contributed by atoms with Gasteiger partial charge in [-0.1, -0.05) is 0 Å². The van der Waals surface area contributed by atoms with Gasteiger partial charge in [0.15, 0.2) is 0 Å². The second kappa shape index (κ2) is 3.09. The van der Waals surface area contributed by atoms with Crippen LogP contribution in [0.5, 0.6) is 0 Å². The predicted molar refractivity (Wildman–Crippen MR) is 37.1 cm³/mol. The summed E-state index contributed by atoms with van der Waals surface area (Å²) in [5, 5.41) is 0. The van der Waals surface area contributed by atoms with Crippen molar-refractivity contribution in [2.24, 2.45) is 5.73 Å². The van der Waals surface area contributed by atoms with Gasteiger partial charge in [-0.3, -0.25) is 9.78 Å². The van der Waals surface area contributed by atoms with Crippen LogP contribution in [-0.2, 0) is 11.2 Å². The fourth-order valence-corrected chi connectivity index (χ4v) is 0.690. The van der Waals surface area contributed by atoms with Gasteiger partial charge in [-0.2, -0.15) is 0 Å². The molecule has 58 valence electrons. The van der Waals surface area contributed by atoms with Crippen molar-refractivity contribution in [3.63, 3.8) is 0 Å². The lowest BCUT2D eigenvalue weighted by molar-refractivity contribution is -0.117. The Kier molecular flexibility index (Phi) is 2.15. The topological polar surface area (TPSA) is 56.0 Å². The molecule has 2 N–H and O–H groups in total. The van der Waals surface area contributed by atoms with Gasteiger partial charge < -0.3 is 5.73 Å². The predicted octanol–water partition coefficient (Wildman–Crippen LogP) is 0.248. The van der Waals surface area contributed by atoms with Gasteiger partial charge in [-0.05, 0) is 12.1 Å². The van der Waals surface area contributed by atoms with Crippen LogP contribution >= 0.6 is 0 Å². The van der Waals surface area contributed by atoms with Gasteiger partial charge in [0.2, 0.25) is 5.91 Å². The van der Waals surface area contributed by atoms with E-state index in [4.69, 9.17) is 5.73 Å². The number of aromatic nitrogens is 1. The highest BCUT2D eigenvalue weighted by molar-refractivity contribution is 5.75. The van der Waals surface area contributed by atoms with Crippen molar-refractivity contribution in [1.29, 1.82) is 0 Å². The van der Waals surface area contributed by atoms with Crippen molar-refractivity contribution in [1.82, 2.24) is 4.98 Å². The van der Waals surface area contributed by atoms with E-state index >= 15 is 0 Å². The van der Waals surface area contributed by atoms with Crippen LogP contribution < -0.4 is 5.73 Å².